The van der Waals surface area contributed by atoms with E-state index in [9.17, 15) is 4.79 Å². The number of carbonyl (C=O) groups is 1. The zero-order chi connectivity index (χ0) is 23.8. The Morgan fingerprint density at radius 1 is 0.774 bits per heavy atom. The van der Waals surface area contributed by atoms with Crippen molar-refractivity contribution in [1.29, 1.82) is 0 Å². The van der Waals surface area contributed by atoms with Gasteiger partial charge in [0.15, 0.2) is 16.6 Å². The van der Waals surface area contributed by atoms with Crippen molar-refractivity contribution in [3.63, 3.8) is 0 Å². The van der Waals surface area contributed by atoms with E-state index in [0.717, 1.165) is 38.5 Å². The van der Waals surface area contributed by atoms with Gasteiger partial charge >= 0.3 is 5.97 Å². The van der Waals surface area contributed by atoms with Crippen LogP contribution in [0, 0.1) is 0 Å². The molecule has 0 heterocycles. The highest BCUT2D eigenvalue weighted by Crippen LogP contribution is 2.20. The van der Waals surface area contributed by atoms with Crippen molar-refractivity contribution in [1.82, 2.24) is 0 Å². The molecular weight excluding hydrogens is 420 g/mol. The Hall–Kier alpha value is -0.956. The summed E-state index contributed by atoms with van der Waals surface area (Å²) in [6.07, 6.45) is 21.0. The number of esters is 1. The molecule has 0 aromatic rings. The summed E-state index contributed by atoms with van der Waals surface area (Å²) in [5.74, 6) is -0.106. The Morgan fingerprint density at radius 3 is 1.87 bits per heavy atom. The van der Waals surface area contributed by atoms with E-state index in [0.29, 0.717) is 6.42 Å². The predicted molar refractivity (Wildman–Crippen MR) is 138 cm³/mol. The van der Waals surface area contributed by atoms with Crippen LogP contribution in [0.25, 0.3) is 0 Å². The van der Waals surface area contributed by atoms with Crippen molar-refractivity contribution >= 4 is 22.6 Å². The highest BCUT2D eigenvalue weighted by Gasteiger charge is 2.29. The summed E-state index contributed by atoms with van der Waals surface area (Å²) in [7, 11) is -1.99. The lowest BCUT2D eigenvalue weighted by Crippen LogP contribution is -2.42. The van der Waals surface area contributed by atoms with Crippen LogP contribution in [0.1, 0.15) is 58.3 Å². The number of hydrogen-bond acceptors (Lipinski definition) is 4. The van der Waals surface area contributed by atoms with Crippen LogP contribution in [0.2, 0.25) is 39.3 Å². The van der Waals surface area contributed by atoms with Crippen molar-refractivity contribution in [3.05, 3.63) is 36.5 Å². The van der Waals surface area contributed by atoms with Gasteiger partial charge in [-0.25, -0.2) is 0 Å². The van der Waals surface area contributed by atoms with Gasteiger partial charge in [-0.05, 0) is 65.0 Å². The van der Waals surface area contributed by atoms with Crippen LogP contribution < -0.4 is 0 Å². The van der Waals surface area contributed by atoms with Gasteiger partial charge in [0, 0.05) is 6.42 Å². The lowest BCUT2D eigenvalue weighted by atomic mass is 10.1. The van der Waals surface area contributed by atoms with Gasteiger partial charge in [0.2, 0.25) is 0 Å². The lowest BCUT2D eigenvalue weighted by Gasteiger charge is -2.33. The van der Waals surface area contributed by atoms with Crippen LogP contribution in [-0.4, -0.2) is 41.9 Å². The van der Waals surface area contributed by atoms with E-state index in [2.05, 4.69) is 87.4 Å². The van der Waals surface area contributed by atoms with E-state index in [1.165, 1.54) is 13.5 Å². The Bertz CT molecular complexity index is 557. The summed E-state index contributed by atoms with van der Waals surface area (Å²) in [5.41, 5.74) is 0. The maximum atomic E-state index is 11.1. The summed E-state index contributed by atoms with van der Waals surface area (Å²) in [4.78, 5) is 11.1. The fourth-order valence-corrected chi connectivity index (χ4v) is 5.09. The van der Waals surface area contributed by atoms with Crippen molar-refractivity contribution in [2.24, 2.45) is 0 Å². The third-order valence-electron chi connectivity index (χ3n) is 4.39. The van der Waals surface area contributed by atoms with Gasteiger partial charge in [0.25, 0.3) is 0 Å². The summed E-state index contributed by atoms with van der Waals surface area (Å²) in [6, 6.07) is 0. The van der Waals surface area contributed by atoms with E-state index in [-0.39, 0.29) is 18.2 Å². The quantitative estimate of drug-likeness (QED) is 0.0733. The van der Waals surface area contributed by atoms with Gasteiger partial charge in [0.05, 0.1) is 19.3 Å². The predicted octanol–water partition coefficient (Wildman–Crippen LogP) is 7.41. The average Bonchev–Trinajstić information content (AvgIpc) is 2.66. The van der Waals surface area contributed by atoms with Gasteiger partial charge in [-0.1, -0.05) is 62.6 Å². The molecule has 0 aliphatic rings. The first-order chi connectivity index (χ1) is 14.5. The molecule has 0 saturated heterocycles. The zero-order valence-corrected chi connectivity index (χ0v) is 23.4. The first-order valence-corrected chi connectivity index (χ1v) is 18.7. The molecule has 6 heteroatoms. The molecule has 0 unspecified atom stereocenters. The Labute approximate surface area is 194 Å². The minimum absolute atomic E-state index is 0.0512. The molecule has 0 fully saturated rings. The molecule has 0 aliphatic carbocycles. The summed E-state index contributed by atoms with van der Waals surface area (Å²) in [6.45, 7) is 15.5. The van der Waals surface area contributed by atoms with Crippen LogP contribution in [0.3, 0.4) is 0 Å². The second-order valence-electron chi connectivity index (χ2n) is 9.92. The first-order valence-electron chi connectivity index (χ1n) is 11.9. The number of hydrogen-bond donors (Lipinski definition) is 0. The largest absolute Gasteiger partial charge is 0.469 e. The molecule has 2 atom stereocenters. The van der Waals surface area contributed by atoms with E-state index >= 15 is 0 Å². The first kappa shape index (κ1) is 30.0. The highest BCUT2D eigenvalue weighted by molar-refractivity contribution is 6.70. The number of unbranched alkanes of at least 4 members (excludes halogenated alkanes) is 5. The van der Waals surface area contributed by atoms with Crippen molar-refractivity contribution < 1.29 is 18.4 Å². The van der Waals surface area contributed by atoms with Gasteiger partial charge in [-0.3, -0.25) is 4.79 Å². The third-order valence-corrected chi connectivity index (χ3v) is 6.35. The topological polar surface area (TPSA) is 44.8 Å². The van der Waals surface area contributed by atoms with Crippen LogP contribution in [0.15, 0.2) is 36.5 Å². The van der Waals surface area contributed by atoms with Crippen molar-refractivity contribution in [2.75, 3.05) is 7.11 Å². The molecule has 0 bridgehead atoms. The normalized spacial score (nSPS) is 15.2. The van der Waals surface area contributed by atoms with E-state index in [1.54, 1.807) is 0 Å². The molecule has 0 rings (SSSR count). The molecule has 0 radical (unpaired) electrons. The average molecular weight is 469 g/mol. The molecular formula is C25H48O4Si2. The number of methoxy groups -OCH3 is 1. The molecule has 0 saturated carbocycles. The van der Waals surface area contributed by atoms with Crippen molar-refractivity contribution in [3.8, 4) is 0 Å². The minimum atomic E-state index is -1.72. The van der Waals surface area contributed by atoms with Gasteiger partial charge in [-0.15, -0.1) is 0 Å². The third kappa shape index (κ3) is 19.5. The minimum Gasteiger partial charge on any atom is -0.469 e. The molecule has 0 N–H and O–H groups in total. The van der Waals surface area contributed by atoms with Gasteiger partial charge in [-0.2, -0.15) is 0 Å². The monoisotopic (exact) mass is 468 g/mol. The molecule has 0 aromatic heterocycles. The number of ether oxygens (including phenoxy) is 1. The van der Waals surface area contributed by atoms with Crippen LogP contribution >= 0.6 is 0 Å². The van der Waals surface area contributed by atoms with E-state index < -0.39 is 16.6 Å². The van der Waals surface area contributed by atoms with Crippen molar-refractivity contribution in [2.45, 2.75) is 110 Å². The molecule has 0 aromatic carbocycles. The lowest BCUT2D eigenvalue weighted by molar-refractivity contribution is -0.140. The van der Waals surface area contributed by atoms with Crippen LogP contribution in [0.4, 0.5) is 0 Å². The molecule has 0 spiro atoms. The number of carbonyl (C=O) groups excluding carboxylic acids is 1. The Morgan fingerprint density at radius 2 is 1.32 bits per heavy atom. The molecule has 31 heavy (non-hydrogen) atoms. The second kappa shape index (κ2) is 16.6. The number of rotatable bonds is 17. The zero-order valence-electron chi connectivity index (χ0n) is 21.4. The smallest absolute Gasteiger partial charge is 0.305 e. The highest BCUT2D eigenvalue weighted by atomic mass is 28.4. The summed E-state index contributed by atoms with van der Waals surface area (Å²) in [5, 5.41) is 0. The van der Waals surface area contributed by atoms with E-state index in [1.807, 2.05) is 0 Å². The SMILES string of the molecule is CC/C=C\C=C\[C@@H](O[Si](C)(C)C)[C@@H](/C=C\CCCCCCCC(=O)OC)O[Si](C)(C)C. The van der Waals surface area contributed by atoms with Crippen LogP contribution in [0.5, 0.6) is 0 Å². The molecule has 0 aliphatic heterocycles. The van der Waals surface area contributed by atoms with Gasteiger partial charge in [0.1, 0.15) is 0 Å². The Balaban J connectivity index is 4.83. The summed E-state index contributed by atoms with van der Waals surface area (Å²) >= 11 is 0. The fourth-order valence-electron chi connectivity index (χ4n) is 3.03. The molecule has 180 valence electrons. The standard InChI is InChI=1S/C25H48O4Si2/c1-9-10-11-17-20-23(28-30(3,4)5)24(29-31(6,7)8)21-18-15-13-12-14-16-19-22-25(26)27-2/h10-11,17-18,20-21,23-24H,9,12-16,19,22H2,1-8H3/b11-10-,20-17+,21-18-/t23-,24-/m1/s1. The maximum Gasteiger partial charge on any atom is 0.305 e. The summed E-state index contributed by atoms with van der Waals surface area (Å²) < 4.78 is 17.7. The molecule has 4 nitrogen and oxygen atoms in total. The van der Waals surface area contributed by atoms with Gasteiger partial charge < -0.3 is 13.6 Å². The Kier molecular flexibility index (Phi) is 16.1. The maximum absolute atomic E-state index is 11.1. The second-order valence-corrected chi connectivity index (χ2v) is 18.8. The molecule has 0 amide bonds. The van der Waals surface area contributed by atoms with Crippen LogP contribution in [-0.2, 0) is 18.4 Å². The number of allylic oxidation sites excluding steroid dienone is 4. The fraction of sp³-hybridized carbons (Fsp3) is 0.720. The van der Waals surface area contributed by atoms with E-state index in [4.69, 9.17) is 8.85 Å².